The summed E-state index contributed by atoms with van der Waals surface area (Å²) < 4.78 is 8.90. The highest BCUT2D eigenvalue weighted by Crippen LogP contribution is 2.57. The van der Waals surface area contributed by atoms with Crippen molar-refractivity contribution in [3.63, 3.8) is 0 Å². The van der Waals surface area contributed by atoms with Crippen molar-refractivity contribution in [2.24, 2.45) is 0 Å². The predicted octanol–water partition coefficient (Wildman–Crippen LogP) is 17.4. The molecular weight excluding hydrogens is 811 g/mol. The van der Waals surface area contributed by atoms with Gasteiger partial charge >= 0.3 is 0 Å². The number of aromatic nitrogens is 1. The third-order valence-corrected chi connectivity index (χ3v) is 13.9. The van der Waals surface area contributed by atoms with Crippen molar-refractivity contribution in [1.29, 1.82) is 0 Å². The second-order valence-electron chi connectivity index (χ2n) is 16.5. The Kier molecular flexibility index (Phi) is 8.74. The lowest BCUT2D eigenvalue weighted by Crippen LogP contribution is -2.17. The van der Waals surface area contributed by atoms with Crippen LogP contribution in [0.1, 0.15) is 0 Å². The fraction of sp³-hybridized carbons (Fsp3) is 0. The van der Waals surface area contributed by atoms with Crippen LogP contribution in [-0.4, -0.2) is 4.57 Å². The molecule has 4 nitrogen and oxygen atoms in total. The Hall–Kier alpha value is -8.25. The van der Waals surface area contributed by atoms with E-state index in [4.69, 9.17) is 4.42 Å². The summed E-state index contributed by atoms with van der Waals surface area (Å²) in [4.78, 5) is 7.27. The minimum atomic E-state index is 0.862. The molecule has 0 atom stereocenters. The maximum Gasteiger partial charge on any atom is 0.137 e. The number of rotatable bonds is 7. The third kappa shape index (κ3) is 6.08. The normalized spacial score (nSPS) is 12.2. The Bertz CT molecular complexity index is 3740. The molecule has 0 spiro atoms. The van der Waals surface area contributed by atoms with E-state index in [-0.39, 0.29) is 0 Å². The highest BCUT2D eigenvalue weighted by atomic mass is 32.2. The van der Waals surface area contributed by atoms with Gasteiger partial charge in [0.1, 0.15) is 17.0 Å². The van der Waals surface area contributed by atoms with Gasteiger partial charge in [0.2, 0.25) is 0 Å². The molecule has 0 N–H and O–H groups in total. The first-order chi connectivity index (χ1) is 32.3. The number of furan rings is 1. The maximum atomic E-state index is 6.45. The minimum absolute atomic E-state index is 0.862. The van der Waals surface area contributed by atoms with Crippen LogP contribution in [0.3, 0.4) is 0 Å². The van der Waals surface area contributed by atoms with Gasteiger partial charge in [0.15, 0.2) is 0 Å². The van der Waals surface area contributed by atoms with Gasteiger partial charge in [-0.3, -0.25) is 9.47 Å². The third-order valence-electron chi connectivity index (χ3n) is 12.8. The molecule has 5 heteroatoms. The molecule has 0 unspecified atom stereocenters. The lowest BCUT2D eigenvalue weighted by atomic mass is 9.98. The van der Waals surface area contributed by atoms with Crippen molar-refractivity contribution in [2.45, 2.75) is 9.79 Å². The Balaban J connectivity index is 0.988. The van der Waals surface area contributed by atoms with Crippen molar-refractivity contribution < 1.29 is 4.42 Å². The molecule has 0 fully saturated rings. The first kappa shape index (κ1) is 37.3. The summed E-state index contributed by atoms with van der Waals surface area (Å²) in [6.07, 6.45) is 0. The van der Waals surface area contributed by atoms with E-state index in [1.165, 1.54) is 48.3 Å². The van der Waals surface area contributed by atoms with E-state index in [0.29, 0.717) is 0 Å². The summed E-state index contributed by atoms with van der Waals surface area (Å²) in [5.41, 5.74) is 14.2. The van der Waals surface area contributed by atoms with Crippen LogP contribution < -0.4 is 9.80 Å². The topological polar surface area (TPSA) is 24.6 Å². The lowest BCUT2D eigenvalue weighted by Gasteiger charge is -2.32. The van der Waals surface area contributed by atoms with Gasteiger partial charge in [0.05, 0.1) is 27.2 Å². The van der Waals surface area contributed by atoms with E-state index in [2.05, 4.69) is 245 Å². The highest BCUT2D eigenvalue weighted by Gasteiger charge is 2.33. The lowest BCUT2D eigenvalue weighted by molar-refractivity contribution is 0.669. The van der Waals surface area contributed by atoms with Crippen LogP contribution in [0, 0.1) is 0 Å². The fourth-order valence-corrected chi connectivity index (χ4v) is 11.1. The van der Waals surface area contributed by atoms with Crippen LogP contribution in [0.15, 0.2) is 251 Å². The molecule has 306 valence electrons. The predicted molar refractivity (Wildman–Crippen MR) is 272 cm³/mol. The molecule has 12 aromatic rings. The number of para-hydroxylation sites is 4. The number of fused-ring (bicyclic) bond motifs is 8. The van der Waals surface area contributed by atoms with Gasteiger partial charge < -0.3 is 9.32 Å². The molecule has 1 aliphatic heterocycles. The van der Waals surface area contributed by atoms with E-state index < -0.39 is 0 Å². The maximum absolute atomic E-state index is 6.45. The van der Waals surface area contributed by atoms with Crippen LogP contribution in [0.5, 0.6) is 0 Å². The molecule has 0 amide bonds. The molecule has 0 bridgehead atoms. The Morgan fingerprint density at radius 3 is 1.78 bits per heavy atom. The van der Waals surface area contributed by atoms with E-state index >= 15 is 0 Å². The number of anilines is 6. The van der Waals surface area contributed by atoms with Crippen LogP contribution in [0.4, 0.5) is 34.3 Å². The highest BCUT2D eigenvalue weighted by molar-refractivity contribution is 8.00. The summed E-state index contributed by atoms with van der Waals surface area (Å²) in [5, 5.41) is 5.89. The number of hydrogen-bond acceptors (Lipinski definition) is 4. The molecular formula is C60H39N3OS. The Labute approximate surface area is 380 Å². The minimum Gasteiger partial charge on any atom is -0.456 e. The molecule has 0 saturated carbocycles. The van der Waals surface area contributed by atoms with Crippen molar-refractivity contribution in [2.75, 3.05) is 9.80 Å². The first-order valence-electron chi connectivity index (χ1n) is 22.0. The SMILES string of the molecule is c1ccc(N2c3ccccc3Sc3c2n(-c2ccccc2)c2cccc(-c4ccc(N(c5ccc(-c6cccc7ccccc67)cc5)c5cccc6oc7ccccc7c56)cc4)c32)cc1. The van der Waals surface area contributed by atoms with Gasteiger partial charge in [0.25, 0.3) is 0 Å². The monoisotopic (exact) mass is 849 g/mol. The molecule has 65 heavy (non-hydrogen) atoms. The zero-order valence-electron chi connectivity index (χ0n) is 35.2. The summed E-state index contributed by atoms with van der Waals surface area (Å²) >= 11 is 1.86. The molecule has 0 saturated heterocycles. The smallest absolute Gasteiger partial charge is 0.137 e. The quantitative estimate of drug-likeness (QED) is 0.159. The summed E-state index contributed by atoms with van der Waals surface area (Å²) in [5.74, 6) is 1.14. The summed E-state index contributed by atoms with van der Waals surface area (Å²) in [7, 11) is 0. The van der Waals surface area contributed by atoms with Crippen molar-refractivity contribution in [3.8, 4) is 27.9 Å². The molecule has 10 aromatic carbocycles. The number of hydrogen-bond donors (Lipinski definition) is 0. The second-order valence-corrected chi connectivity index (χ2v) is 17.5. The van der Waals surface area contributed by atoms with Gasteiger partial charge in [0, 0.05) is 38.4 Å². The molecule has 3 heterocycles. The van der Waals surface area contributed by atoms with Gasteiger partial charge in [-0.15, -0.1) is 0 Å². The van der Waals surface area contributed by atoms with E-state index in [1.54, 1.807) is 0 Å². The van der Waals surface area contributed by atoms with Crippen LogP contribution in [0.2, 0.25) is 0 Å². The zero-order valence-corrected chi connectivity index (χ0v) is 36.0. The van der Waals surface area contributed by atoms with E-state index in [9.17, 15) is 0 Å². The average Bonchev–Trinajstić information content (AvgIpc) is 3.93. The Morgan fingerprint density at radius 2 is 1.00 bits per heavy atom. The van der Waals surface area contributed by atoms with Crippen LogP contribution >= 0.6 is 11.8 Å². The van der Waals surface area contributed by atoms with Crippen molar-refractivity contribution in [1.82, 2.24) is 4.57 Å². The molecule has 2 aromatic heterocycles. The zero-order chi connectivity index (χ0) is 42.8. The molecule has 0 radical (unpaired) electrons. The standard InChI is InChI=1S/C60H39N3OS/c1-3-18-43(19-4-1)62-51-26-10-12-31-56(51)65-59-58-49(25-14-27-53(58)63(60(59)62)44-20-5-2-6-21-44)42-34-38-46(39-35-42)61(52-28-15-30-55-57(52)50-23-9-11-29-54(50)64-55)45-36-32-41(33-37-45)48-24-13-17-40-16-7-8-22-47(40)48/h1-39H. The van der Waals surface area contributed by atoms with Gasteiger partial charge in [-0.1, -0.05) is 163 Å². The van der Waals surface area contributed by atoms with Crippen molar-refractivity contribution in [3.05, 3.63) is 237 Å². The largest absolute Gasteiger partial charge is 0.456 e. The van der Waals surface area contributed by atoms with Crippen LogP contribution in [-0.2, 0) is 0 Å². The molecule has 1 aliphatic rings. The number of nitrogens with zero attached hydrogens (tertiary/aromatic N) is 3. The van der Waals surface area contributed by atoms with Gasteiger partial charge in [-0.05, 0) is 118 Å². The first-order valence-corrected chi connectivity index (χ1v) is 22.8. The average molecular weight is 850 g/mol. The fourth-order valence-electron chi connectivity index (χ4n) is 9.89. The molecule has 0 aliphatic carbocycles. The van der Waals surface area contributed by atoms with Gasteiger partial charge in [-0.25, -0.2) is 0 Å². The van der Waals surface area contributed by atoms with E-state index in [1.807, 2.05) is 17.8 Å². The Morgan fingerprint density at radius 1 is 0.415 bits per heavy atom. The van der Waals surface area contributed by atoms with Gasteiger partial charge in [-0.2, -0.15) is 0 Å². The second kappa shape index (κ2) is 15.2. The van der Waals surface area contributed by atoms with Crippen molar-refractivity contribution >= 4 is 89.6 Å². The molecule has 13 rings (SSSR count). The number of benzene rings is 10. The summed E-state index contributed by atoms with van der Waals surface area (Å²) in [6, 6.07) is 85.0. The van der Waals surface area contributed by atoms with Crippen LogP contribution in [0.25, 0.3) is 71.6 Å². The summed E-state index contributed by atoms with van der Waals surface area (Å²) in [6.45, 7) is 0. The van der Waals surface area contributed by atoms with E-state index in [0.717, 1.165) is 67.3 Å².